The summed E-state index contributed by atoms with van der Waals surface area (Å²) in [5.41, 5.74) is 14.8. The SMILES string of the molecule is Cc1cc(C)cc(N=C(N)C=C(N)N(C)C)c1. The lowest BCUT2D eigenvalue weighted by atomic mass is 10.1. The van der Waals surface area contributed by atoms with Gasteiger partial charge in [0, 0.05) is 20.2 Å². The molecule has 4 N–H and O–H groups in total. The Morgan fingerprint density at radius 2 is 1.65 bits per heavy atom. The highest BCUT2D eigenvalue weighted by Gasteiger charge is 1.97. The second-order valence-corrected chi connectivity index (χ2v) is 4.35. The number of hydrogen-bond acceptors (Lipinski definition) is 3. The van der Waals surface area contributed by atoms with Gasteiger partial charge in [-0.05, 0) is 37.1 Å². The number of aliphatic imine (C=N–C) groups is 1. The Hall–Kier alpha value is -1.97. The Morgan fingerprint density at radius 1 is 1.12 bits per heavy atom. The molecule has 0 unspecified atom stereocenters. The number of nitrogens with zero attached hydrogens (tertiary/aromatic N) is 2. The quantitative estimate of drug-likeness (QED) is 0.615. The van der Waals surface area contributed by atoms with Crippen molar-refractivity contribution in [1.82, 2.24) is 4.90 Å². The van der Waals surface area contributed by atoms with Crippen molar-refractivity contribution in [3.8, 4) is 0 Å². The van der Waals surface area contributed by atoms with Gasteiger partial charge in [0.2, 0.25) is 0 Å². The first-order valence-corrected chi connectivity index (χ1v) is 5.45. The van der Waals surface area contributed by atoms with Crippen LogP contribution in [0.15, 0.2) is 35.1 Å². The van der Waals surface area contributed by atoms with Gasteiger partial charge in [0.25, 0.3) is 0 Å². The van der Waals surface area contributed by atoms with E-state index < -0.39 is 0 Å². The van der Waals surface area contributed by atoms with Crippen LogP contribution in [-0.2, 0) is 0 Å². The Kier molecular flexibility index (Phi) is 4.15. The van der Waals surface area contributed by atoms with Crippen LogP contribution in [0.25, 0.3) is 0 Å². The van der Waals surface area contributed by atoms with Crippen LogP contribution in [0.3, 0.4) is 0 Å². The van der Waals surface area contributed by atoms with Crippen LogP contribution in [-0.4, -0.2) is 24.8 Å². The lowest BCUT2D eigenvalue weighted by molar-refractivity contribution is 0.506. The Bertz CT molecular complexity index is 438. The molecule has 0 aromatic heterocycles. The summed E-state index contributed by atoms with van der Waals surface area (Å²) < 4.78 is 0. The van der Waals surface area contributed by atoms with E-state index in [1.807, 2.05) is 40.1 Å². The molecule has 0 fully saturated rings. The molecule has 1 aromatic carbocycles. The molecule has 0 amide bonds. The van der Waals surface area contributed by atoms with Crippen molar-refractivity contribution >= 4 is 11.5 Å². The molecule has 4 heteroatoms. The van der Waals surface area contributed by atoms with Crippen molar-refractivity contribution < 1.29 is 0 Å². The molecule has 0 heterocycles. The molecule has 0 spiro atoms. The van der Waals surface area contributed by atoms with Gasteiger partial charge in [-0.3, -0.25) is 0 Å². The van der Waals surface area contributed by atoms with Crippen LogP contribution in [0, 0.1) is 13.8 Å². The van der Waals surface area contributed by atoms with Gasteiger partial charge in [-0.15, -0.1) is 0 Å². The number of benzene rings is 1. The normalized spacial score (nSPS) is 12.7. The Morgan fingerprint density at radius 3 is 2.12 bits per heavy atom. The van der Waals surface area contributed by atoms with Crippen LogP contribution in [0.4, 0.5) is 5.69 Å². The summed E-state index contributed by atoms with van der Waals surface area (Å²) in [5, 5.41) is 0. The van der Waals surface area contributed by atoms with Gasteiger partial charge >= 0.3 is 0 Å². The van der Waals surface area contributed by atoms with Crippen LogP contribution < -0.4 is 11.5 Å². The van der Waals surface area contributed by atoms with E-state index in [2.05, 4.69) is 11.1 Å². The molecule has 0 saturated heterocycles. The van der Waals surface area contributed by atoms with Crippen LogP contribution >= 0.6 is 0 Å². The van der Waals surface area contributed by atoms with E-state index in [4.69, 9.17) is 11.5 Å². The zero-order chi connectivity index (χ0) is 13.0. The summed E-state index contributed by atoms with van der Waals surface area (Å²) in [6, 6.07) is 6.07. The highest BCUT2D eigenvalue weighted by atomic mass is 15.1. The third-order valence-corrected chi connectivity index (χ3v) is 2.28. The molecule has 17 heavy (non-hydrogen) atoms. The van der Waals surface area contributed by atoms with Gasteiger partial charge in [0.05, 0.1) is 5.69 Å². The molecular weight excluding hydrogens is 212 g/mol. The van der Waals surface area contributed by atoms with Crippen molar-refractivity contribution in [2.24, 2.45) is 16.5 Å². The van der Waals surface area contributed by atoms with Crippen molar-refractivity contribution in [3.05, 3.63) is 41.2 Å². The Balaban J connectivity index is 2.99. The highest BCUT2D eigenvalue weighted by Crippen LogP contribution is 2.16. The fraction of sp³-hybridized carbons (Fsp3) is 0.308. The zero-order valence-corrected chi connectivity index (χ0v) is 10.9. The van der Waals surface area contributed by atoms with Crippen molar-refractivity contribution in [2.75, 3.05) is 14.1 Å². The maximum atomic E-state index is 5.81. The summed E-state index contributed by atoms with van der Waals surface area (Å²) in [7, 11) is 3.71. The van der Waals surface area contributed by atoms with E-state index in [1.54, 1.807) is 11.0 Å². The lowest BCUT2D eigenvalue weighted by Crippen LogP contribution is -2.21. The predicted octanol–water partition coefficient (Wildman–Crippen LogP) is 1.65. The number of amidine groups is 1. The van der Waals surface area contributed by atoms with E-state index >= 15 is 0 Å². The van der Waals surface area contributed by atoms with E-state index in [9.17, 15) is 0 Å². The van der Waals surface area contributed by atoms with Gasteiger partial charge in [-0.2, -0.15) is 0 Å². The Labute approximate surface area is 103 Å². The monoisotopic (exact) mass is 232 g/mol. The molecule has 1 aromatic rings. The lowest BCUT2D eigenvalue weighted by Gasteiger charge is -2.11. The van der Waals surface area contributed by atoms with Crippen LogP contribution in [0.2, 0.25) is 0 Å². The topological polar surface area (TPSA) is 67.6 Å². The molecule has 0 bridgehead atoms. The van der Waals surface area contributed by atoms with Crippen LogP contribution in [0.1, 0.15) is 11.1 Å². The number of hydrogen-bond donors (Lipinski definition) is 2. The third kappa shape index (κ3) is 4.18. The number of nitrogens with two attached hydrogens (primary N) is 2. The van der Waals surface area contributed by atoms with Gasteiger partial charge in [0.15, 0.2) is 0 Å². The number of aryl methyl sites for hydroxylation is 2. The minimum atomic E-state index is 0.404. The first kappa shape index (κ1) is 13.1. The first-order chi connectivity index (χ1) is 7.88. The van der Waals surface area contributed by atoms with E-state index in [0.29, 0.717) is 11.7 Å². The second-order valence-electron chi connectivity index (χ2n) is 4.35. The van der Waals surface area contributed by atoms with Gasteiger partial charge in [0.1, 0.15) is 11.7 Å². The molecule has 0 atom stereocenters. The van der Waals surface area contributed by atoms with Crippen LogP contribution in [0.5, 0.6) is 0 Å². The molecule has 0 aliphatic heterocycles. The summed E-state index contributed by atoms with van der Waals surface area (Å²) >= 11 is 0. The third-order valence-electron chi connectivity index (χ3n) is 2.28. The summed E-state index contributed by atoms with van der Waals surface area (Å²) in [5.74, 6) is 0.983. The van der Waals surface area contributed by atoms with Gasteiger partial charge in [-0.25, -0.2) is 4.99 Å². The fourth-order valence-corrected chi connectivity index (χ4v) is 1.48. The minimum Gasteiger partial charge on any atom is -0.385 e. The molecular formula is C13H20N4. The highest BCUT2D eigenvalue weighted by molar-refractivity contribution is 5.93. The van der Waals surface area contributed by atoms with Crippen molar-refractivity contribution in [3.63, 3.8) is 0 Å². The molecule has 92 valence electrons. The molecule has 0 aliphatic carbocycles. The number of rotatable bonds is 3. The standard InChI is InChI=1S/C13H20N4/c1-9-5-10(2)7-11(6-9)16-12(14)8-13(15)17(3)4/h5-8H,15H2,1-4H3,(H2,14,16). The maximum Gasteiger partial charge on any atom is 0.127 e. The molecule has 0 saturated carbocycles. The maximum absolute atomic E-state index is 5.81. The average molecular weight is 232 g/mol. The van der Waals surface area contributed by atoms with E-state index in [0.717, 1.165) is 5.69 Å². The summed E-state index contributed by atoms with van der Waals surface area (Å²) in [6.45, 7) is 4.07. The fourth-order valence-electron chi connectivity index (χ4n) is 1.48. The van der Waals surface area contributed by atoms with E-state index in [1.165, 1.54) is 11.1 Å². The molecule has 0 aliphatic rings. The van der Waals surface area contributed by atoms with Gasteiger partial charge in [-0.1, -0.05) is 6.07 Å². The largest absolute Gasteiger partial charge is 0.385 e. The minimum absolute atomic E-state index is 0.404. The summed E-state index contributed by atoms with van der Waals surface area (Å²) in [4.78, 5) is 6.10. The zero-order valence-electron chi connectivity index (χ0n) is 10.9. The molecule has 4 nitrogen and oxygen atoms in total. The van der Waals surface area contributed by atoms with Crippen molar-refractivity contribution in [1.29, 1.82) is 0 Å². The van der Waals surface area contributed by atoms with Gasteiger partial charge < -0.3 is 16.4 Å². The second kappa shape index (κ2) is 5.39. The average Bonchev–Trinajstić information content (AvgIpc) is 2.14. The van der Waals surface area contributed by atoms with Crippen molar-refractivity contribution in [2.45, 2.75) is 13.8 Å². The molecule has 0 radical (unpaired) electrons. The smallest absolute Gasteiger partial charge is 0.127 e. The summed E-state index contributed by atoms with van der Waals surface area (Å²) in [6.07, 6.45) is 1.65. The molecule has 1 rings (SSSR count). The predicted molar refractivity (Wildman–Crippen MR) is 73.2 cm³/mol. The van der Waals surface area contributed by atoms with E-state index in [-0.39, 0.29) is 0 Å². The first-order valence-electron chi connectivity index (χ1n) is 5.45.